The van der Waals surface area contributed by atoms with Crippen molar-refractivity contribution >= 4 is 51.0 Å². The number of ether oxygens (including phenoxy) is 2. The number of carbonyl (C=O) groups is 2. The first-order valence-electron chi connectivity index (χ1n) is 16.0. The van der Waals surface area contributed by atoms with Crippen LogP contribution in [0.3, 0.4) is 0 Å². The molecule has 6 N–H and O–H groups in total. The normalized spacial score (nSPS) is 11.4. The fourth-order valence-electron chi connectivity index (χ4n) is 5.19. The molecule has 11 heteroatoms. The van der Waals surface area contributed by atoms with Crippen molar-refractivity contribution in [3.8, 4) is 16.9 Å². The fraction of sp³-hybridized carbons (Fsp3) is 0.324. The molecule has 0 saturated carbocycles. The highest BCUT2D eigenvalue weighted by molar-refractivity contribution is 6.14. The first-order valence-corrected chi connectivity index (χ1v) is 16.0. The number of hydrogen-bond acceptors (Lipinski definition) is 6. The Morgan fingerprint density at radius 3 is 2.27 bits per heavy atom. The number of H-pyrrole nitrogens is 1. The van der Waals surface area contributed by atoms with Gasteiger partial charge in [0.2, 0.25) is 0 Å². The van der Waals surface area contributed by atoms with Gasteiger partial charge >= 0.3 is 12.1 Å². The topological polar surface area (TPSA) is 143 Å². The van der Waals surface area contributed by atoms with Crippen molar-refractivity contribution in [1.29, 1.82) is 0 Å². The smallest absolute Gasteiger partial charge is 0.408 e. The molecule has 254 valence electrons. The third-order valence-corrected chi connectivity index (χ3v) is 7.37. The largest absolute Gasteiger partial charge is 0.491 e. The van der Waals surface area contributed by atoms with Gasteiger partial charge in [0.05, 0.1) is 23.4 Å². The highest BCUT2D eigenvalue weighted by Gasteiger charge is 2.25. The molecule has 0 aliphatic rings. The minimum Gasteiger partial charge on any atom is -0.491 e. The van der Waals surface area contributed by atoms with Crippen LogP contribution >= 0.6 is 0 Å². The molecule has 0 spiro atoms. The molecule has 0 aliphatic carbocycles. The number of nitrogen functional groups attached to an aromatic ring is 1. The average molecular weight is 657 g/mol. The number of alkyl carbamates (subject to hydrolysis) is 1. The zero-order chi connectivity index (χ0) is 35.2. The van der Waals surface area contributed by atoms with Gasteiger partial charge < -0.3 is 31.2 Å². The Bertz CT molecular complexity index is 1930. The zero-order valence-corrected chi connectivity index (χ0v) is 28.8. The molecule has 10 nitrogen and oxygen atoms in total. The number of carbonyl (C=O) groups excluding carboxylic acids is 2. The number of hydrogen-bond donors (Lipinski definition) is 5. The molecule has 0 atom stereocenters. The fourth-order valence-corrected chi connectivity index (χ4v) is 5.19. The predicted octanol–water partition coefficient (Wildman–Crippen LogP) is 9.16. The summed E-state index contributed by atoms with van der Waals surface area (Å²) in [7, 11) is 0. The van der Waals surface area contributed by atoms with E-state index in [1.54, 1.807) is 18.2 Å². The number of aromatic nitrogens is 2. The molecule has 5 rings (SSSR count). The van der Waals surface area contributed by atoms with E-state index >= 15 is 0 Å². The van der Waals surface area contributed by atoms with E-state index in [-0.39, 0.29) is 5.69 Å². The summed E-state index contributed by atoms with van der Waals surface area (Å²) < 4.78 is 25.8. The molecule has 0 aliphatic heterocycles. The first-order chi connectivity index (χ1) is 22.7. The number of urea groups is 1. The van der Waals surface area contributed by atoms with Gasteiger partial charge in [0.25, 0.3) is 0 Å². The van der Waals surface area contributed by atoms with Crippen LogP contribution in [0.15, 0.2) is 66.7 Å². The maximum atomic E-state index is 14.3. The van der Waals surface area contributed by atoms with Crippen LogP contribution in [-0.4, -0.2) is 40.1 Å². The number of anilines is 3. The molecule has 0 bridgehead atoms. The summed E-state index contributed by atoms with van der Waals surface area (Å²) in [6, 6.07) is 19.1. The minimum atomic E-state index is -0.594. The Morgan fingerprint density at radius 2 is 1.56 bits per heavy atom. The third-order valence-electron chi connectivity index (χ3n) is 7.37. The summed E-state index contributed by atoms with van der Waals surface area (Å²) in [6.07, 6.45) is 0.0299. The molecule has 0 fully saturated rings. The van der Waals surface area contributed by atoms with Crippen LogP contribution in [0.25, 0.3) is 32.8 Å². The van der Waals surface area contributed by atoms with Gasteiger partial charge in [-0.15, -0.1) is 0 Å². The van der Waals surface area contributed by atoms with E-state index in [2.05, 4.69) is 26.1 Å². The summed E-state index contributed by atoms with van der Waals surface area (Å²) in [5.74, 6) is 0.364. The number of rotatable bonds is 8. The van der Waals surface area contributed by atoms with Crippen molar-refractivity contribution in [3.05, 3.63) is 78.1 Å². The summed E-state index contributed by atoms with van der Waals surface area (Å²) in [5.41, 5.74) is 9.02. The van der Waals surface area contributed by atoms with Gasteiger partial charge in [0.1, 0.15) is 22.7 Å². The maximum absolute atomic E-state index is 14.3. The Morgan fingerprint density at radius 1 is 0.896 bits per heavy atom. The molecule has 4 aromatic carbocycles. The predicted molar refractivity (Wildman–Crippen MR) is 192 cm³/mol. The number of amides is 3. The van der Waals surface area contributed by atoms with E-state index in [1.807, 2.05) is 97.9 Å². The number of nitrogens with one attached hydrogen (secondary N) is 4. The zero-order valence-electron chi connectivity index (χ0n) is 28.8. The highest BCUT2D eigenvalue weighted by atomic mass is 19.1. The van der Waals surface area contributed by atoms with E-state index in [1.165, 1.54) is 6.07 Å². The molecular weight excluding hydrogens is 611 g/mol. The summed E-state index contributed by atoms with van der Waals surface area (Å²) >= 11 is 0. The first kappa shape index (κ1) is 35.5. The number of halogens is 1. The van der Waals surface area contributed by atoms with Gasteiger partial charge in [-0.05, 0) is 94.0 Å². The second kappa shape index (κ2) is 14.6. The Hall–Kier alpha value is -5.32. The lowest BCUT2D eigenvalue weighted by Gasteiger charge is -2.28. The number of nitrogens with zero attached hydrogens (tertiary/aromatic N) is 1. The lowest BCUT2D eigenvalue weighted by atomic mass is 9.94. The number of fused-ring (bicyclic) bond motifs is 2. The van der Waals surface area contributed by atoms with E-state index in [9.17, 15) is 14.0 Å². The molecule has 5 aromatic rings. The maximum Gasteiger partial charge on any atom is 0.408 e. The molecule has 0 saturated heterocycles. The van der Waals surface area contributed by atoms with Crippen molar-refractivity contribution < 1.29 is 23.5 Å². The quantitative estimate of drug-likeness (QED) is 0.113. The number of aromatic amines is 1. The van der Waals surface area contributed by atoms with Crippen molar-refractivity contribution in [2.75, 3.05) is 23.0 Å². The second-order valence-electron chi connectivity index (χ2n) is 12.8. The van der Waals surface area contributed by atoms with Gasteiger partial charge in [-0.1, -0.05) is 50.2 Å². The minimum absolute atomic E-state index is 0.0985. The van der Waals surface area contributed by atoms with Crippen molar-refractivity contribution in [3.63, 3.8) is 0 Å². The average Bonchev–Trinajstić information content (AvgIpc) is 3.41. The summed E-state index contributed by atoms with van der Waals surface area (Å²) in [5, 5.41) is 18.0. The van der Waals surface area contributed by atoms with Crippen molar-refractivity contribution in [2.24, 2.45) is 0 Å². The molecule has 48 heavy (non-hydrogen) atoms. The van der Waals surface area contributed by atoms with Gasteiger partial charge in [-0.3, -0.25) is 5.10 Å². The van der Waals surface area contributed by atoms with Gasteiger partial charge in [0, 0.05) is 17.3 Å². The molecule has 1 heterocycles. The van der Waals surface area contributed by atoms with Crippen LogP contribution in [0.2, 0.25) is 0 Å². The van der Waals surface area contributed by atoms with Crippen molar-refractivity contribution in [2.45, 2.75) is 73.0 Å². The van der Waals surface area contributed by atoms with Crippen LogP contribution in [0.4, 0.5) is 31.2 Å². The lowest BCUT2D eigenvalue weighted by Crippen LogP contribution is -2.46. The van der Waals surface area contributed by atoms with Crippen LogP contribution in [-0.2, 0) is 4.74 Å². The Balaban J connectivity index is 0.00000255. The summed E-state index contributed by atoms with van der Waals surface area (Å²) in [6.45, 7) is 15.4. The highest BCUT2D eigenvalue weighted by Crippen LogP contribution is 2.41. The lowest BCUT2D eigenvalue weighted by molar-refractivity contribution is 0.0461. The van der Waals surface area contributed by atoms with E-state index in [0.29, 0.717) is 41.2 Å². The standard InChI is InChI=1S/C35H39FN6O4.C2H6/c1-20-11-14-25(36)27(19-20)39-32(43)38-26-15-12-22(21-9-7-8-10-23(21)26)24-13-16-28(30-29(24)31(37)42-41-30)45-18-17-35(5,6)40-33(44)46-34(2,3)4;1-2/h7-16,19H,17-18H2,1-6H3,(H,40,44)(H3,37,41,42)(H2,38,39,43);1-2H3. The van der Waals surface area contributed by atoms with E-state index in [4.69, 9.17) is 15.2 Å². The van der Waals surface area contributed by atoms with Crippen LogP contribution in [0.1, 0.15) is 60.5 Å². The molecule has 0 radical (unpaired) electrons. The molecule has 1 aromatic heterocycles. The molecule has 3 amide bonds. The van der Waals surface area contributed by atoms with Crippen LogP contribution in [0.5, 0.6) is 5.75 Å². The van der Waals surface area contributed by atoms with Gasteiger partial charge in [-0.25, -0.2) is 14.0 Å². The monoisotopic (exact) mass is 656 g/mol. The van der Waals surface area contributed by atoms with Crippen molar-refractivity contribution in [1.82, 2.24) is 15.5 Å². The number of nitrogens with two attached hydrogens (primary N) is 1. The van der Waals surface area contributed by atoms with Crippen LogP contribution < -0.4 is 26.4 Å². The van der Waals surface area contributed by atoms with Gasteiger partial charge in [-0.2, -0.15) is 5.10 Å². The SMILES string of the molecule is CC.Cc1ccc(F)c(NC(=O)Nc2ccc(-c3ccc(OCCC(C)(C)NC(=O)OC(C)(C)C)c4[nH]nc(N)c34)c3ccccc23)c1. The van der Waals surface area contributed by atoms with E-state index in [0.717, 1.165) is 27.5 Å². The Kier molecular flexibility index (Phi) is 10.8. The Labute approximate surface area is 280 Å². The number of aryl methyl sites for hydroxylation is 1. The van der Waals surface area contributed by atoms with Gasteiger partial charge in [0.15, 0.2) is 5.82 Å². The van der Waals surface area contributed by atoms with E-state index < -0.39 is 29.1 Å². The molecular formula is C37H45FN6O4. The third kappa shape index (κ3) is 8.52. The second-order valence-corrected chi connectivity index (χ2v) is 12.8. The summed E-state index contributed by atoms with van der Waals surface area (Å²) in [4.78, 5) is 25.1. The van der Waals surface area contributed by atoms with Crippen LogP contribution in [0, 0.1) is 12.7 Å². The molecule has 0 unspecified atom stereocenters. The number of benzene rings is 4.